The van der Waals surface area contributed by atoms with E-state index in [2.05, 4.69) is 4.98 Å². The highest BCUT2D eigenvalue weighted by molar-refractivity contribution is 5.97. The van der Waals surface area contributed by atoms with Gasteiger partial charge < -0.3 is 5.11 Å². The molecule has 98 valence electrons. The quantitative estimate of drug-likeness (QED) is 0.832. The standard InChI is InChI=1S/C15H16N2O2/c1-17(10-12-3-2-8-16-9-12)11-15(19)13-4-6-14(18)7-5-13/h2-9,18H,10-11H2,1H3. The Labute approximate surface area is 112 Å². The van der Waals surface area contributed by atoms with E-state index in [4.69, 9.17) is 0 Å². The van der Waals surface area contributed by atoms with Crippen LogP contribution in [0.4, 0.5) is 0 Å². The molecule has 0 bridgehead atoms. The van der Waals surface area contributed by atoms with E-state index in [1.54, 1.807) is 24.5 Å². The van der Waals surface area contributed by atoms with Crippen molar-refractivity contribution < 1.29 is 9.90 Å². The third kappa shape index (κ3) is 3.89. The number of aromatic nitrogens is 1. The minimum absolute atomic E-state index is 0.0337. The lowest BCUT2D eigenvalue weighted by molar-refractivity contribution is 0.0943. The summed E-state index contributed by atoms with van der Waals surface area (Å²) in [4.78, 5) is 18.0. The third-order valence-electron chi connectivity index (χ3n) is 2.78. The second kappa shape index (κ2) is 6.11. The van der Waals surface area contributed by atoms with Crippen LogP contribution in [0.2, 0.25) is 0 Å². The van der Waals surface area contributed by atoms with E-state index in [9.17, 15) is 9.90 Å². The van der Waals surface area contributed by atoms with E-state index in [1.807, 2.05) is 24.1 Å². The SMILES string of the molecule is CN(CC(=O)c1ccc(O)cc1)Cc1cccnc1. The van der Waals surface area contributed by atoms with Crippen molar-refractivity contribution >= 4 is 5.78 Å². The largest absolute Gasteiger partial charge is 0.508 e. The lowest BCUT2D eigenvalue weighted by atomic mass is 10.1. The van der Waals surface area contributed by atoms with Crippen molar-refractivity contribution in [1.29, 1.82) is 0 Å². The van der Waals surface area contributed by atoms with E-state index < -0.39 is 0 Å². The number of aromatic hydroxyl groups is 1. The van der Waals surface area contributed by atoms with Gasteiger partial charge in [0.2, 0.25) is 0 Å². The summed E-state index contributed by atoms with van der Waals surface area (Å²) in [6, 6.07) is 10.2. The fraction of sp³-hybridized carbons (Fsp3) is 0.200. The highest BCUT2D eigenvalue weighted by Gasteiger charge is 2.09. The number of benzene rings is 1. The molecule has 0 amide bonds. The summed E-state index contributed by atoms with van der Waals surface area (Å²) < 4.78 is 0. The van der Waals surface area contributed by atoms with Crippen LogP contribution >= 0.6 is 0 Å². The Balaban J connectivity index is 1.93. The minimum atomic E-state index is 0.0337. The topological polar surface area (TPSA) is 53.4 Å². The number of pyridine rings is 1. The maximum absolute atomic E-state index is 12.0. The Bertz CT molecular complexity index is 538. The van der Waals surface area contributed by atoms with Crippen molar-refractivity contribution in [2.24, 2.45) is 0 Å². The zero-order valence-electron chi connectivity index (χ0n) is 10.8. The van der Waals surface area contributed by atoms with Gasteiger partial charge in [0.05, 0.1) is 6.54 Å². The number of Topliss-reactive ketones (excluding diaryl/α,β-unsaturated/α-hetero) is 1. The number of phenols is 1. The monoisotopic (exact) mass is 256 g/mol. The van der Waals surface area contributed by atoms with Crippen LogP contribution in [0.15, 0.2) is 48.8 Å². The smallest absolute Gasteiger partial charge is 0.176 e. The van der Waals surface area contributed by atoms with Crippen molar-refractivity contribution in [2.75, 3.05) is 13.6 Å². The number of phenolic OH excluding ortho intramolecular Hbond substituents is 1. The van der Waals surface area contributed by atoms with Gasteiger partial charge in [0, 0.05) is 24.5 Å². The van der Waals surface area contributed by atoms with Crippen molar-refractivity contribution in [3.8, 4) is 5.75 Å². The van der Waals surface area contributed by atoms with Gasteiger partial charge >= 0.3 is 0 Å². The highest BCUT2D eigenvalue weighted by atomic mass is 16.3. The first-order valence-corrected chi connectivity index (χ1v) is 6.05. The maximum Gasteiger partial charge on any atom is 0.176 e. The first-order valence-electron chi connectivity index (χ1n) is 6.05. The molecule has 0 saturated carbocycles. The normalized spacial score (nSPS) is 10.6. The zero-order chi connectivity index (χ0) is 13.7. The molecular weight excluding hydrogens is 240 g/mol. The van der Waals surface area contributed by atoms with Gasteiger partial charge in [0.25, 0.3) is 0 Å². The number of nitrogens with zero attached hydrogens (tertiary/aromatic N) is 2. The average Bonchev–Trinajstić information content (AvgIpc) is 2.40. The highest BCUT2D eigenvalue weighted by Crippen LogP contribution is 2.11. The van der Waals surface area contributed by atoms with Gasteiger partial charge in [-0.3, -0.25) is 14.7 Å². The summed E-state index contributed by atoms with van der Waals surface area (Å²) in [6.45, 7) is 1.01. The van der Waals surface area contributed by atoms with Crippen LogP contribution in [0.5, 0.6) is 5.75 Å². The first kappa shape index (κ1) is 13.2. The lowest BCUT2D eigenvalue weighted by Crippen LogP contribution is -2.25. The Morgan fingerprint density at radius 2 is 2.00 bits per heavy atom. The fourth-order valence-corrected chi connectivity index (χ4v) is 1.84. The molecule has 1 aromatic carbocycles. The van der Waals surface area contributed by atoms with Gasteiger partial charge in [-0.05, 0) is 42.9 Å². The number of ketones is 1. The van der Waals surface area contributed by atoms with Crippen molar-refractivity contribution in [1.82, 2.24) is 9.88 Å². The van der Waals surface area contributed by atoms with Crippen LogP contribution in [0, 0.1) is 0 Å². The van der Waals surface area contributed by atoms with Gasteiger partial charge in [0.15, 0.2) is 5.78 Å². The summed E-state index contributed by atoms with van der Waals surface area (Å²) >= 11 is 0. The number of carbonyl (C=O) groups excluding carboxylic acids is 1. The molecule has 2 rings (SSSR count). The Kier molecular flexibility index (Phi) is 4.26. The molecule has 19 heavy (non-hydrogen) atoms. The molecule has 2 aromatic rings. The molecule has 1 aromatic heterocycles. The summed E-state index contributed by atoms with van der Waals surface area (Å²) in [5, 5.41) is 9.19. The molecule has 4 heteroatoms. The molecule has 0 aliphatic carbocycles. The van der Waals surface area contributed by atoms with Gasteiger partial charge in [0.1, 0.15) is 5.75 Å². The van der Waals surface area contributed by atoms with Gasteiger partial charge in [-0.15, -0.1) is 0 Å². The average molecular weight is 256 g/mol. The second-order valence-electron chi connectivity index (χ2n) is 4.50. The maximum atomic E-state index is 12.0. The van der Waals surface area contributed by atoms with Gasteiger partial charge in [-0.25, -0.2) is 0 Å². The molecule has 0 spiro atoms. The molecule has 0 unspecified atom stereocenters. The van der Waals surface area contributed by atoms with Crippen LogP contribution in [-0.2, 0) is 6.54 Å². The number of carbonyl (C=O) groups is 1. The molecule has 0 aliphatic rings. The molecule has 0 aliphatic heterocycles. The van der Waals surface area contributed by atoms with Crippen LogP contribution < -0.4 is 0 Å². The fourth-order valence-electron chi connectivity index (χ4n) is 1.84. The van der Waals surface area contributed by atoms with Crippen LogP contribution in [-0.4, -0.2) is 34.4 Å². The van der Waals surface area contributed by atoms with Crippen molar-refractivity contribution in [2.45, 2.75) is 6.54 Å². The molecule has 0 fully saturated rings. The molecule has 1 heterocycles. The third-order valence-corrected chi connectivity index (χ3v) is 2.78. The van der Waals surface area contributed by atoms with Crippen molar-refractivity contribution in [3.63, 3.8) is 0 Å². The molecule has 4 nitrogen and oxygen atoms in total. The van der Waals surface area contributed by atoms with Crippen LogP contribution in [0.1, 0.15) is 15.9 Å². The molecule has 0 atom stereocenters. The molecule has 1 N–H and O–H groups in total. The van der Waals surface area contributed by atoms with E-state index in [1.165, 1.54) is 12.1 Å². The van der Waals surface area contributed by atoms with Crippen molar-refractivity contribution in [3.05, 3.63) is 59.9 Å². The summed E-state index contributed by atoms with van der Waals surface area (Å²) in [5.74, 6) is 0.201. The second-order valence-corrected chi connectivity index (χ2v) is 4.50. The summed E-state index contributed by atoms with van der Waals surface area (Å²) in [5.41, 5.74) is 1.68. The van der Waals surface area contributed by atoms with E-state index in [0.717, 1.165) is 5.56 Å². The summed E-state index contributed by atoms with van der Waals surface area (Å²) in [6.07, 6.45) is 3.52. The summed E-state index contributed by atoms with van der Waals surface area (Å²) in [7, 11) is 1.89. The van der Waals surface area contributed by atoms with Gasteiger partial charge in [-0.2, -0.15) is 0 Å². The van der Waals surface area contributed by atoms with E-state index >= 15 is 0 Å². The Hall–Kier alpha value is -2.20. The predicted molar refractivity (Wildman–Crippen MR) is 73.0 cm³/mol. The van der Waals surface area contributed by atoms with Crippen LogP contribution in [0.3, 0.4) is 0 Å². The number of rotatable bonds is 5. The zero-order valence-corrected chi connectivity index (χ0v) is 10.8. The predicted octanol–water partition coefficient (Wildman–Crippen LogP) is 2.10. The number of likely N-dealkylation sites (N-methyl/N-ethyl adjacent to an activating group) is 1. The van der Waals surface area contributed by atoms with E-state index in [-0.39, 0.29) is 11.5 Å². The molecule has 0 saturated heterocycles. The Morgan fingerprint density at radius 1 is 1.26 bits per heavy atom. The number of hydrogen-bond donors (Lipinski definition) is 1. The Morgan fingerprint density at radius 3 is 2.63 bits per heavy atom. The van der Waals surface area contributed by atoms with Gasteiger partial charge in [-0.1, -0.05) is 6.07 Å². The molecular formula is C15H16N2O2. The molecule has 0 radical (unpaired) electrons. The first-order chi connectivity index (χ1) is 9.15. The van der Waals surface area contributed by atoms with Crippen LogP contribution in [0.25, 0.3) is 0 Å². The lowest BCUT2D eigenvalue weighted by Gasteiger charge is -2.15. The van der Waals surface area contributed by atoms with E-state index in [0.29, 0.717) is 18.7 Å². The number of hydrogen-bond acceptors (Lipinski definition) is 4. The minimum Gasteiger partial charge on any atom is -0.508 e.